The molecule has 108 valence electrons. The number of ether oxygens (including phenoxy) is 2. The number of aliphatic hydroxyl groups is 1. The molecule has 3 rings (SSSR count). The number of fused-ring (bicyclic) bond motifs is 1. The fourth-order valence-electron chi connectivity index (χ4n) is 2.50. The van der Waals surface area contributed by atoms with Gasteiger partial charge in [-0.3, -0.25) is 4.79 Å². The molecule has 2 aliphatic heterocycles. The largest absolute Gasteiger partial charge is 0.454 e. The van der Waals surface area contributed by atoms with E-state index in [1.165, 1.54) is 0 Å². The second kappa shape index (κ2) is 4.56. The summed E-state index contributed by atoms with van der Waals surface area (Å²) in [5, 5.41) is 9.93. The number of nitrogen functional groups attached to an aromatic ring is 1. The van der Waals surface area contributed by atoms with Crippen molar-refractivity contribution < 1.29 is 19.4 Å². The van der Waals surface area contributed by atoms with Crippen molar-refractivity contribution in [2.75, 3.05) is 25.6 Å². The lowest BCUT2D eigenvalue weighted by molar-refractivity contribution is -0.00200. The van der Waals surface area contributed by atoms with E-state index in [-0.39, 0.29) is 12.7 Å². The molecule has 0 bridgehead atoms. The van der Waals surface area contributed by atoms with Crippen LogP contribution >= 0.6 is 0 Å². The van der Waals surface area contributed by atoms with E-state index >= 15 is 0 Å². The van der Waals surface area contributed by atoms with Crippen LogP contribution in [0.3, 0.4) is 0 Å². The predicted molar refractivity (Wildman–Crippen MR) is 72.7 cm³/mol. The lowest BCUT2D eigenvalue weighted by Gasteiger charge is -2.36. The van der Waals surface area contributed by atoms with Gasteiger partial charge < -0.3 is 25.2 Å². The standard InChI is InChI=1S/C14H18N2O4/c1-14(18)2-4-16(5-3-14)13(17)9-6-11-12(7-10(9)15)20-8-19-11/h6-7,18H,2-5,8,15H2,1H3. The molecule has 1 saturated heterocycles. The van der Waals surface area contributed by atoms with Gasteiger partial charge in [-0.25, -0.2) is 0 Å². The zero-order valence-corrected chi connectivity index (χ0v) is 11.4. The minimum absolute atomic E-state index is 0.128. The summed E-state index contributed by atoms with van der Waals surface area (Å²) in [5.74, 6) is 0.989. The molecule has 0 unspecified atom stereocenters. The highest BCUT2D eigenvalue weighted by Gasteiger charge is 2.31. The number of amides is 1. The molecular weight excluding hydrogens is 260 g/mol. The van der Waals surface area contributed by atoms with E-state index in [0.29, 0.717) is 48.7 Å². The van der Waals surface area contributed by atoms with Crippen LogP contribution in [0.25, 0.3) is 0 Å². The molecule has 2 aliphatic rings. The molecule has 1 aromatic carbocycles. The third-order valence-corrected chi connectivity index (χ3v) is 3.90. The van der Waals surface area contributed by atoms with Crippen LogP contribution < -0.4 is 15.2 Å². The maximum atomic E-state index is 12.5. The minimum atomic E-state index is -0.683. The van der Waals surface area contributed by atoms with E-state index in [1.807, 2.05) is 0 Å². The van der Waals surface area contributed by atoms with Gasteiger partial charge in [0.25, 0.3) is 5.91 Å². The second-order valence-electron chi connectivity index (χ2n) is 5.58. The SMILES string of the molecule is CC1(O)CCN(C(=O)c2cc3c(cc2N)OCO3)CC1. The Morgan fingerprint density at radius 3 is 2.55 bits per heavy atom. The van der Waals surface area contributed by atoms with Crippen LogP contribution in [0, 0.1) is 0 Å². The molecule has 20 heavy (non-hydrogen) atoms. The van der Waals surface area contributed by atoms with Crippen molar-refractivity contribution in [3.05, 3.63) is 17.7 Å². The highest BCUT2D eigenvalue weighted by atomic mass is 16.7. The monoisotopic (exact) mass is 278 g/mol. The number of benzene rings is 1. The van der Waals surface area contributed by atoms with E-state index in [2.05, 4.69) is 0 Å². The first-order valence-electron chi connectivity index (χ1n) is 6.67. The number of piperidine rings is 1. The van der Waals surface area contributed by atoms with Crippen molar-refractivity contribution in [2.45, 2.75) is 25.4 Å². The summed E-state index contributed by atoms with van der Waals surface area (Å²) in [5.41, 5.74) is 6.05. The number of nitrogens with zero attached hydrogens (tertiary/aromatic N) is 1. The summed E-state index contributed by atoms with van der Waals surface area (Å²) < 4.78 is 10.5. The molecule has 0 spiro atoms. The maximum absolute atomic E-state index is 12.5. The summed E-state index contributed by atoms with van der Waals surface area (Å²) in [6.45, 7) is 3.00. The Morgan fingerprint density at radius 1 is 1.30 bits per heavy atom. The van der Waals surface area contributed by atoms with Crippen molar-refractivity contribution in [3.63, 3.8) is 0 Å². The van der Waals surface area contributed by atoms with Gasteiger partial charge in [0.1, 0.15) is 0 Å². The van der Waals surface area contributed by atoms with Crippen LogP contribution in [0.1, 0.15) is 30.1 Å². The molecule has 3 N–H and O–H groups in total. The molecule has 1 aromatic rings. The van der Waals surface area contributed by atoms with Gasteiger partial charge in [-0.2, -0.15) is 0 Å². The lowest BCUT2D eigenvalue weighted by atomic mass is 9.93. The van der Waals surface area contributed by atoms with Gasteiger partial charge in [0.2, 0.25) is 6.79 Å². The Kier molecular flexibility index (Phi) is 2.97. The Labute approximate surface area is 117 Å². The number of carbonyl (C=O) groups excluding carboxylic acids is 1. The third-order valence-electron chi connectivity index (χ3n) is 3.90. The predicted octanol–water partition coefficient (Wildman–Crippen LogP) is 0.985. The molecule has 0 aromatic heterocycles. The van der Waals surface area contributed by atoms with Crippen LogP contribution in [0.4, 0.5) is 5.69 Å². The molecule has 1 fully saturated rings. The molecule has 0 saturated carbocycles. The molecule has 6 nitrogen and oxygen atoms in total. The third kappa shape index (κ3) is 2.27. The molecule has 1 amide bonds. The molecule has 0 aliphatic carbocycles. The first kappa shape index (κ1) is 13.1. The summed E-state index contributed by atoms with van der Waals surface area (Å²) in [6, 6.07) is 3.25. The topological polar surface area (TPSA) is 85.0 Å². The molecule has 0 atom stereocenters. The van der Waals surface area contributed by atoms with Crippen LogP contribution in [-0.4, -0.2) is 41.4 Å². The van der Waals surface area contributed by atoms with Gasteiger partial charge in [-0.15, -0.1) is 0 Å². The quantitative estimate of drug-likeness (QED) is 0.748. The Hall–Kier alpha value is -1.95. The van der Waals surface area contributed by atoms with E-state index < -0.39 is 5.60 Å². The summed E-state index contributed by atoms with van der Waals surface area (Å²) >= 11 is 0. The van der Waals surface area contributed by atoms with Gasteiger partial charge in [-0.1, -0.05) is 0 Å². The number of hydrogen-bond acceptors (Lipinski definition) is 5. The first-order valence-corrected chi connectivity index (χ1v) is 6.67. The van der Waals surface area contributed by atoms with Crippen molar-refractivity contribution in [1.82, 2.24) is 4.90 Å². The number of carbonyl (C=O) groups is 1. The van der Waals surface area contributed by atoms with E-state index in [4.69, 9.17) is 15.2 Å². The number of anilines is 1. The zero-order valence-electron chi connectivity index (χ0n) is 11.4. The van der Waals surface area contributed by atoms with Crippen LogP contribution in [0.2, 0.25) is 0 Å². The fraction of sp³-hybridized carbons (Fsp3) is 0.500. The zero-order chi connectivity index (χ0) is 14.3. The molecule has 6 heteroatoms. The molecular formula is C14H18N2O4. The van der Waals surface area contributed by atoms with Crippen LogP contribution in [0.5, 0.6) is 11.5 Å². The van der Waals surface area contributed by atoms with Gasteiger partial charge in [0, 0.05) is 24.8 Å². The first-order chi connectivity index (χ1) is 9.46. The Bertz CT molecular complexity index is 546. The van der Waals surface area contributed by atoms with Crippen molar-refractivity contribution in [1.29, 1.82) is 0 Å². The van der Waals surface area contributed by atoms with Crippen LogP contribution in [0.15, 0.2) is 12.1 Å². The summed E-state index contributed by atoms with van der Waals surface area (Å²) in [6.07, 6.45) is 1.15. The van der Waals surface area contributed by atoms with Crippen molar-refractivity contribution >= 4 is 11.6 Å². The van der Waals surface area contributed by atoms with Crippen molar-refractivity contribution in [3.8, 4) is 11.5 Å². The highest BCUT2D eigenvalue weighted by Crippen LogP contribution is 2.36. The van der Waals surface area contributed by atoms with Gasteiger partial charge in [-0.05, 0) is 25.8 Å². The van der Waals surface area contributed by atoms with Gasteiger partial charge in [0.05, 0.1) is 11.2 Å². The normalized spacial score (nSPS) is 20.0. The number of hydrogen-bond donors (Lipinski definition) is 2. The second-order valence-corrected chi connectivity index (χ2v) is 5.58. The summed E-state index contributed by atoms with van der Waals surface area (Å²) in [4.78, 5) is 14.2. The number of likely N-dealkylation sites (tertiary alicyclic amines) is 1. The summed E-state index contributed by atoms with van der Waals surface area (Å²) in [7, 11) is 0. The number of nitrogens with two attached hydrogens (primary N) is 1. The Balaban J connectivity index is 1.81. The average molecular weight is 278 g/mol. The van der Waals surface area contributed by atoms with E-state index in [1.54, 1.807) is 24.0 Å². The van der Waals surface area contributed by atoms with Crippen molar-refractivity contribution in [2.24, 2.45) is 0 Å². The van der Waals surface area contributed by atoms with Gasteiger partial charge >= 0.3 is 0 Å². The fourth-order valence-corrected chi connectivity index (χ4v) is 2.50. The highest BCUT2D eigenvalue weighted by molar-refractivity contribution is 6.00. The maximum Gasteiger partial charge on any atom is 0.256 e. The Morgan fingerprint density at radius 2 is 1.90 bits per heavy atom. The molecule has 2 heterocycles. The lowest BCUT2D eigenvalue weighted by Crippen LogP contribution is -2.45. The smallest absolute Gasteiger partial charge is 0.256 e. The van der Waals surface area contributed by atoms with Crippen LogP contribution in [-0.2, 0) is 0 Å². The molecule has 0 radical (unpaired) electrons. The average Bonchev–Trinajstić information content (AvgIpc) is 2.84. The van der Waals surface area contributed by atoms with Gasteiger partial charge in [0.15, 0.2) is 11.5 Å². The van der Waals surface area contributed by atoms with E-state index in [9.17, 15) is 9.90 Å². The minimum Gasteiger partial charge on any atom is -0.454 e. The van der Waals surface area contributed by atoms with E-state index in [0.717, 1.165) is 0 Å². The number of rotatable bonds is 1.